The molecule has 2 aromatic rings. The fourth-order valence-corrected chi connectivity index (χ4v) is 3.19. The second kappa shape index (κ2) is 6.50. The number of anilines is 1. The molecule has 1 fully saturated rings. The lowest BCUT2D eigenvalue weighted by atomic mass is 10.1. The van der Waals surface area contributed by atoms with E-state index in [0.717, 1.165) is 16.9 Å². The smallest absolute Gasteiger partial charge is 0.245 e. The van der Waals surface area contributed by atoms with E-state index in [1.54, 1.807) is 6.20 Å². The number of amides is 1. The third kappa shape index (κ3) is 2.99. The Morgan fingerprint density at radius 1 is 1.30 bits per heavy atom. The van der Waals surface area contributed by atoms with Gasteiger partial charge in [0.25, 0.3) is 0 Å². The van der Waals surface area contributed by atoms with Crippen LogP contribution in [0.25, 0.3) is 11.0 Å². The minimum Gasteiger partial charge on any atom is -0.342 e. The van der Waals surface area contributed by atoms with Gasteiger partial charge in [-0.25, -0.2) is 4.98 Å². The number of fused-ring (bicyclic) bond motifs is 1. The second-order valence-electron chi connectivity index (χ2n) is 5.89. The highest BCUT2D eigenvalue weighted by Crippen LogP contribution is 2.25. The van der Waals surface area contributed by atoms with Crippen LogP contribution in [0, 0.1) is 0 Å². The van der Waals surface area contributed by atoms with Crippen LogP contribution in [-0.4, -0.2) is 52.5 Å². The monoisotopic (exact) mass is 313 g/mol. The van der Waals surface area contributed by atoms with Gasteiger partial charge in [0.15, 0.2) is 0 Å². The normalized spacial score (nSPS) is 20.9. The maximum atomic E-state index is 12.8. The van der Waals surface area contributed by atoms with E-state index in [1.165, 1.54) is 0 Å². The Morgan fingerprint density at radius 2 is 2.00 bits per heavy atom. The first-order chi connectivity index (χ1) is 11.1. The Bertz CT molecular complexity index is 700. The number of aromatic nitrogens is 2. The summed E-state index contributed by atoms with van der Waals surface area (Å²) in [6.45, 7) is 6.04. The Hall–Kier alpha value is -2.21. The maximum Gasteiger partial charge on any atom is 0.245 e. The predicted molar refractivity (Wildman–Crippen MR) is 91.2 cm³/mol. The van der Waals surface area contributed by atoms with Gasteiger partial charge in [-0.15, -0.1) is 0 Å². The van der Waals surface area contributed by atoms with Crippen LogP contribution in [0.4, 0.5) is 5.82 Å². The number of nitrogens with two attached hydrogens (primary N) is 1. The van der Waals surface area contributed by atoms with Crippen molar-refractivity contribution in [3.63, 3.8) is 0 Å². The van der Waals surface area contributed by atoms with E-state index in [1.807, 2.05) is 47.9 Å². The molecule has 0 unspecified atom stereocenters. The van der Waals surface area contributed by atoms with Crippen molar-refractivity contribution in [1.82, 2.24) is 14.9 Å². The van der Waals surface area contributed by atoms with Crippen LogP contribution in [0.15, 0.2) is 30.5 Å². The molecule has 6 heteroatoms. The van der Waals surface area contributed by atoms with E-state index in [-0.39, 0.29) is 18.0 Å². The molecule has 2 atom stereocenters. The summed E-state index contributed by atoms with van der Waals surface area (Å²) in [5.41, 5.74) is 7.81. The number of benzene rings is 1. The highest BCUT2D eigenvalue weighted by atomic mass is 16.2. The Morgan fingerprint density at radius 3 is 2.70 bits per heavy atom. The van der Waals surface area contributed by atoms with Gasteiger partial charge in [0.1, 0.15) is 11.9 Å². The molecule has 3 rings (SSSR count). The quantitative estimate of drug-likeness (QED) is 0.923. The molecule has 0 radical (unpaired) electrons. The summed E-state index contributed by atoms with van der Waals surface area (Å²) in [5.74, 6) is 0.847. The molecule has 0 aliphatic carbocycles. The molecule has 1 aliphatic rings. The van der Waals surface area contributed by atoms with E-state index in [4.69, 9.17) is 5.73 Å². The van der Waals surface area contributed by atoms with E-state index < -0.39 is 0 Å². The molecule has 1 saturated heterocycles. The molecule has 23 heavy (non-hydrogen) atoms. The number of hydrogen-bond donors (Lipinski definition) is 1. The van der Waals surface area contributed by atoms with E-state index in [0.29, 0.717) is 26.1 Å². The van der Waals surface area contributed by atoms with Gasteiger partial charge in [-0.2, -0.15) is 0 Å². The van der Waals surface area contributed by atoms with Crippen molar-refractivity contribution in [3.05, 3.63) is 30.5 Å². The first-order valence-electron chi connectivity index (χ1n) is 8.16. The van der Waals surface area contributed by atoms with Gasteiger partial charge in [0.05, 0.1) is 17.2 Å². The molecule has 0 spiro atoms. The SMILES string of the molecule is CCN(CC)C(=O)[C@@H]1C[C@@H](N)CN1c1cnc2ccccc2n1. The van der Waals surface area contributed by atoms with Crippen LogP contribution in [0.3, 0.4) is 0 Å². The van der Waals surface area contributed by atoms with Crippen LogP contribution < -0.4 is 10.6 Å². The van der Waals surface area contributed by atoms with Crippen LogP contribution in [-0.2, 0) is 4.79 Å². The molecule has 122 valence electrons. The molecule has 1 aromatic carbocycles. The molecule has 1 aliphatic heterocycles. The molecule has 0 bridgehead atoms. The van der Waals surface area contributed by atoms with Crippen molar-refractivity contribution in [2.75, 3.05) is 24.5 Å². The fourth-order valence-electron chi connectivity index (χ4n) is 3.19. The van der Waals surface area contributed by atoms with E-state index in [9.17, 15) is 4.79 Å². The second-order valence-corrected chi connectivity index (χ2v) is 5.89. The molecule has 6 nitrogen and oxygen atoms in total. The maximum absolute atomic E-state index is 12.8. The van der Waals surface area contributed by atoms with Gasteiger partial charge in [-0.1, -0.05) is 12.1 Å². The molecular formula is C17H23N5O. The van der Waals surface area contributed by atoms with Crippen LogP contribution in [0.1, 0.15) is 20.3 Å². The van der Waals surface area contributed by atoms with Crippen LogP contribution >= 0.6 is 0 Å². The van der Waals surface area contributed by atoms with Crippen molar-refractivity contribution in [2.24, 2.45) is 5.73 Å². The zero-order valence-electron chi connectivity index (χ0n) is 13.6. The number of nitrogens with zero attached hydrogens (tertiary/aromatic N) is 4. The van der Waals surface area contributed by atoms with Crippen molar-refractivity contribution in [2.45, 2.75) is 32.4 Å². The topological polar surface area (TPSA) is 75.3 Å². The minimum atomic E-state index is -0.250. The average molecular weight is 313 g/mol. The number of hydrogen-bond acceptors (Lipinski definition) is 5. The van der Waals surface area contributed by atoms with Crippen molar-refractivity contribution < 1.29 is 4.79 Å². The lowest BCUT2D eigenvalue weighted by Crippen LogP contribution is -2.46. The average Bonchev–Trinajstić information content (AvgIpc) is 2.97. The van der Waals surface area contributed by atoms with Crippen molar-refractivity contribution >= 4 is 22.8 Å². The molecule has 0 saturated carbocycles. The van der Waals surface area contributed by atoms with E-state index >= 15 is 0 Å². The first kappa shape index (κ1) is 15.7. The minimum absolute atomic E-state index is 0.0206. The summed E-state index contributed by atoms with van der Waals surface area (Å²) in [7, 11) is 0. The lowest BCUT2D eigenvalue weighted by molar-refractivity contribution is -0.132. The molecule has 2 heterocycles. The third-order valence-electron chi connectivity index (χ3n) is 4.42. The van der Waals surface area contributed by atoms with Gasteiger partial charge in [-0.05, 0) is 32.4 Å². The summed E-state index contributed by atoms with van der Waals surface area (Å²) < 4.78 is 0. The summed E-state index contributed by atoms with van der Waals surface area (Å²) in [6, 6.07) is 7.47. The summed E-state index contributed by atoms with van der Waals surface area (Å²) in [4.78, 5) is 25.8. The standard InChI is InChI=1S/C17H23N5O/c1-3-21(4-2)17(23)15-9-12(18)11-22(15)16-10-19-13-7-5-6-8-14(13)20-16/h5-8,10,12,15H,3-4,9,11,18H2,1-2H3/t12-,15+/m1/s1. The van der Waals surface area contributed by atoms with Gasteiger partial charge in [0, 0.05) is 25.7 Å². The van der Waals surface area contributed by atoms with Crippen molar-refractivity contribution in [1.29, 1.82) is 0 Å². The number of carbonyl (C=O) groups excluding carboxylic acids is 1. The predicted octanol–water partition coefficient (Wildman–Crippen LogP) is 1.40. The van der Waals surface area contributed by atoms with Crippen LogP contribution in [0.5, 0.6) is 0 Å². The number of carbonyl (C=O) groups is 1. The van der Waals surface area contributed by atoms with Crippen molar-refractivity contribution in [3.8, 4) is 0 Å². The Balaban J connectivity index is 1.93. The van der Waals surface area contributed by atoms with Gasteiger partial charge in [0.2, 0.25) is 5.91 Å². The number of likely N-dealkylation sites (N-methyl/N-ethyl adjacent to an activating group) is 1. The summed E-state index contributed by atoms with van der Waals surface area (Å²) in [6.07, 6.45) is 2.40. The Labute approximate surface area is 136 Å². The van der Waals surface area contributed by atoms with Gasteiger partial charge in [-0.3, -0.25) is 9.78 Å². The highest BCUT2D eigenvalue weighted by Gasteiger charge is 2.37. The van der Waals surface area contributed by atoms with Gasteiger partial charge < -0.3 is 15.5 Å². The lowest BCUT2D eigenvalue weighted by Gasteiger charge is -2.29. The molecule has 1 amide bonds. The molecular weight excluding hydrogens is 290 g/mol. The Kier molecular flexibility index (Phi) is 4.43. The number of rotatable bonds is 4. The first-order valence-corrected chi connectivity index (χ1v) is 8.16. The zero-order chi connectivity index (χ0) is 16.4. The highest BCUT2D eigenvalue weighted by molar-refractivity contribution is 5.86. The zero-order valence-corrected chi connectivity index (χ0v) is 13.6. The largest absolute Gasteiger partial charge is 0.342 e. The molecule has 2 N–H and O–H groups in total. The van der Waals surface area contributed by atoms with Gasteiger partial charge >= 0.3 is 0 Å². The summed E-state index contributed by atoms with van der Waals surface area (Å²) in [5, 5.41) is 0. The molecule has 1 aromatic heterocycles. The van der Waals surface area contributed by atoms with E-state index in [2.05, 4.69) is 9.97 Å². The summed E-state index contributed by atoms with van der Waals surface area (Å²) >= 11 is 0. The number of para-hydroxylation sites is 2. The third-order valence-corrected chi connectivity index (χ3v) is 4.42. The fraction of sp³-hybridized carbons (Fsp3) is 0.471. The van der Waals surface area contributed by atoms with Crippen LogP contribution in [0.2, 0.25) is 0 Å².